The molecule has 3 saturated heterocycles. The quantitative estimate of drug-likeness (QED) is 0.132. The van der Waals surface area contributed by atoms with E-state index in [1.807, 2.05) is 0 Å². The molecule has 13 heteroatoms. The molecule has 334 valence electrons. The standard InChI is InChI=1S/C49H60O13/c1-23-35(24(2)51)40(54)37-28(39(23)53)15-25(44(57)58)16-34(37)60-45-41(55)42(56)49-19-29-30-18-47(12-11-46(21-47)9-3-4-10-46)17-26-20-59-22-48(13-14-50,38(26)30)31-6-5-27(36(29)31)33(62-49)8-7-32(52)43(49)61-45/h6,15-16,26,29-30,32-33,38,41-43,45,50,52-56H,3-5,7-14,17-22H2,1-2H3,(H,57,58). The van der Waals surface area contributed by atoms with Crippen LogP contribution in [0, 0.1) is 46.8 Å². The van der Waals surface area contributed by atoms with Crippen molar-refractivity contribution in [2.24, 2.45) is 39.9 Å². The maximum Gasteiger partial charge on any atom is 0.335 e. The van der Waals surface area contributed by atoms with E-state index < -0.39 is 65.7 Å². The number of hydrogen-bond donors (Lipinski definition) is 7. The first-order valence-corrected chi connectivity index (χ1v) is 23.1. The summed E-state index contributed by atoms with van der Waals surface area (Å²) in [6.45, 7) is 3.96. The van der Waals surface area contributed by atoms with E-state index in [9.17, 15) is 45.3 Å². The number of carbonyl (C=O) groups is 2. The molecular formula is C49H60O13. The molecule has 7 N–H and O–H groups in total. The van der Waals surface area contributed by atoms with E-state index in [-0.39, 0.29) is 81.2 Å². The highest BCUT2D eigenvalue weighted by Gasteiger charge is 2.69. The van der Waals surface area contributed by atoms with Crippen LogP contribution in [0.3, 0.4) is 0 Å². The molecule has 2 aromatic carbocycles. The third-order valence-electron chi connectivity index (χ3n) is 18.0. The first kappa shape index (κ1) is 41.2. The van der Waals surface area contributed by atoms with Gasteiger partial charge in [-0.15, -0.1) is 0 Å². The molecular weight excluding hydrogens is 797 g/mol. The van der Waals surface area contributed by atoms with Crippen molar-refractivity contribution >= 4 is 22.5 Å². The second-order valence-corrected chi connectivity index (χ2v) is 21.1. The highest BCUT2D eigenvalue weighted by atomic mass is 16.7. The van der Waals surface area contributed by atoms with Gasteiger partial charge in [-0.05, 0) is 154 Å². The van der Waals surface area contributed by atoms with E-state index in [0.717, 1.165) is 24.5 Å². The van der Waals surface area contributed by atoms with Gasteiger partial charge in [0, 0.05) is 29.6 Å². The number of phenols is 2. The summed E-state index contributed by atoms with van der Waals surface area (Å²) in [5.74, 6) is -2.54. The number of rotatable bonds is 6. The number of ketones is 1. The molecule has 4 heterocycles. The summed E-state index contributed by atoms with van der Waals surface area (Å²) in [6.07, 6.45) is 7.68. The van der Waals surface area contributed by atoms with Gasteiger partial charge in [-0.25, -0.2) is 4.79 Å². The monoisotopic (exact) mass is 856 g/mol. The Morgan fingerprint density at radius 2 is 1.74 bits per heavy atom. The molecule has 4 saturated carbocycles. The SMILES string of the molecule is CC(=O)c1c(C)c(O)c2cc(C(=O)O)cc(OC3OC4C(O)CCC5OC4(CC4C6=C5CC=C6C5(CCO)COCC6CC7(CCC8(CCCC8)C7)CC4C65)C(O)C3O)c2c1O. The Hall–Kier alpha value is -3.56. The number of carbonyl (C=O) groups excluding carboxylic acids is 1. The second kappa shape index (κ2) is 14.2. The molecule has 13 atom stereocenters. The van der Waals surface area contributed by atoms with Gasteiger partial charge in [0.15, 0.2) is 5.78 Å². The normalized spacial score (nSPS) is 41.4. The van der Waals surface area contributed by atoms with Crippen LogP contribution >= 0.6 is 0 Å². The molecule has 2 aromatic rings. The lowest BCUT2D eigenvalue weighted by Gasteiger charge is -2.64. The van der Waals surface area contributed by atoms with Crippen molar-refractivity contribution in [3.8, 4) is 17.2 Å². The van der Waals surface area contributed by atoms with E-state index >= 15 is 0 Å². The van der Waals surface area contributed by atoms with E-state index in [0.29, 0.717) is 43.8 Å². The van der Waals surface area contributed by atoms with Gasteiger partial charge in [0.2, 0.25) is 6.29 Å². The Kier molecular flexibility index (Phi) is 9.44. The minimum Gasteiger partial charge on any atom is -0.507 e. The Labute approximate surface area is 360 Å². The molecule has 62 heavy (non-hydrogen) atoms. The molecule has 11 rings (SSSR count). The van der Waals surface area contributed by atoms with Gasteiger partial charge >= 0.3 is 5.97 Å². The highest BCUT2D eigenvalue weighted by molar-refractivity contribution is 6.11. The van der Waals surface area contributed by atoms with E-state index in [4.69, 9.17) is 18.9 Å². The largest absolute Gasteiger partial charge is 0.507 e. The van der Waals surface area contributed by atoms with Crippen LogP contribution < -0.4 is 4.74 Å². The smallest absolute Gasteiger partial charge is 0.335 e. The van der Waals surface area contributed by atoms with Gasteiger partial charge in [-0.2, -0.15) is 0 Å². The summed E-state index contributed by atoms with van der Waals surface area (Å²) in [5, 5.41) is 80.4. The summed E-state index contributed by atoms with van der Waals surface area (Å²) < 4.78 is 26.8. The molecule has 4 aliphatic heterocycles. The third-order valence-corrected chi connectivity index (χ3v) is 18.0. The number of phenolic OH excluding ortho intramolecular Hbond substituents is 2. The minimum atomic E-state index is -1.78. The molecule has 0 aromatic heterocycles. The number of aliphatic hydroxyl groups is 4. The van der Waals surface area contributed by atoms with Crippen LogP contribution in [0.15, 0.2) is 34.9 Å². The van der Waals surface area contributed by atoms with E-state index in [1.54, 1.807) is 0 Å². The zero-order valence-corrected chi connectivity index (χ0v) is 35.6. The minimum absolute atomic E-state index is 0.0498. The zero-order valence-electron chi connectivity index (χ0n) is 35.6. The fourth-order valence-electron chi connectivity index (χ4n) is 15.9. The average Bonchev–Trinajstić information content (AvgIpc) is 3.94. The number of Topliss-reactive ketones (excluding diaryl/α,β-unsaturated/α-hetero) is 1. The van der Waals surface area contributed by atoms with Crippen LogP contribution in [0.1, 0.15) is 123 Å². The predicted octanol–water partition coefficient (Wildman–Crippen LogP) is 6.00. The summed E-state index contributed by atoms with van der Waals surface area (Å²) in [6, 6.07) is 2.28. The van der Waals surface area contributed by atoms with Crippen molar-refractivity contribution in [1.82, 2.24) is 0 Å². The first-order chi connectivity index (χ1) is 29.7. The van der Waals surface area contributed by atoms with Gasteiger partial charge in [0.1, 0.15) is 41.2 Å². The molecule has 5 aliphatic carbocycles. The van der Waals surface area contributed by atoms with Crippen molar-refractivity contribution in [3.05, 3.63) is 51.6 Å². The van der Waals surface area contributed by atoms with E-state index in [1.165, 1.54) is 76.0 Å². The van der Waals surface area contributed by atoms with Crippen LogP contribution in [0.5, 0.6) is 17.2 Å². The van der Waals surface area contributed by atoms with Crippen LogP contribution in [-0.2, 0) is 14.2 Å². The van der Waals surface area contributed by atoms with Gasteiger partial charge in [-0.1, -0.05) is 18.9 Å². The number of carboxylic acid groups (broad SMARTS) is 1. The topological polar surface area (TPSA) is 213 Å². The summed E-state index contributed by atoms with van der Waals surface area (Å²) in [4.78, 5) is 25.1. The number of benzene rings is 2. The lowest BCUT2D eigenvalue weighted by molar-refractivity contribution is -0.336. The van der Waals surface area contributed by atoms with Crippen LogP contribution in [0.2, 0.25) is 0 Å². The van der Waals surface area contributed by atoms with Crippen LogP contribution in [0.4, 0.5) is 0 Å². The summed E-state index contributed by atoms with van der Waals surface area (Å²) in [7, 11) is 0. The van der Waals surface area contributed by atoms with Gasteiger partial charge in [0.05, 0.1) is 35.3 Å². The Bertz CT molecular complexity index is 2310. The maximum atomic E-state index is 12.7. The Morgan fingerprint density at radius 3 is 2.48 bits per heavy atom. The fraction of sp³-hybridized carbons (Fsp3) is 0.673. The number of aromatic hydroxyl groups is 2. The van der Waals surface area contributed by atoms with Gasteiger partial charge in [0.25, 0.3) is 0 Å². The molecule has 0 radical (unpaired) electrons. The lowest BCUT2D eigenvalue weighted by atomic mass is 9.42. The first-order valence-electron chi connectivity index (χ1n) is 23.1. The Morgan fingerprint density at radius 1 is 0.968 bits per heavy atom. The average molecular weight is 857 g/mol. The number of hydrogen-bond acceptors (Lipinski definition) is 12. The number of aromatic carboxylic acids is 1. The third kappa shape index (κ3) is 5.64. The molecule has 7 fully saturated rings. The van der Waals surface area contributed by atoms with E-state index in [2.05, 4.69) is 6.08 Å². The molecule has 9 aliphatic rings. The zero-order chi connectivity index (χ0) is 43.2. The summed E-state index contributed by atoms with van der Waals surface area (Å²) >= 11 is 0. The number of fused-ring (bicyclic) bond motifs is 5. The van der Waals surface area contributed by atoms with Crippen LogP contribution in [-0.4, -0.2) is 110 Å². The van der Waals surface area contributed by atoms with Crippen molar-refractivity contribution in [2.45, 2.75) is 146 Å². The molecule has 0 amide bonds. The van der Waals surface area contributed by atoms with Crippen LogP contribution in [0.25, 0.3) is 10.8 Å². The van der Waals surface area contributed by atoms with Gasteiger partial charge < -0.3 is 54.7 Å². The molecule has 13 unspecified atom stereocenters. The van der Waals surface area contributed by atoms with Crippen molar-refractivity contribution < 1.29 is 64.3 Å². The molecule has 3 spiro atoms. The number of aliphatic hydroxyl groups excluding tert-OH is 4. The highest BCUT2D eigenvalue weighted by Crippen LogP contribution is 2.73. The second-order valence-electron chi connectivity index (χ2n) is 21.1. The number of allylic oxidation sites excluding steroid dienone is 2. The summed E-state index contributed by atoms with van der Waals surface area (Å²) in [5.41, 5.74) is 1.87. The fourth-order valence-corrected chi connectivity index (χ4v) is 15.9. The van der Waals surface area contributed by atoms with Crippen molar-refractivity contribution in [2.75, 3.05) is 19.8 Å². The van der Waals surface area contributed by atoms with Gasteiger partial charge in [-0.3, -0.25) is 4.79 Å². The number of carboxylic acids is 1. The Balaban J connectivity index is 1.01. The predicted molar refractivity (Wildman–Crippen MR) is 223 cm³/mol. The number of ether oxygens (including phenoxy) is 4. The maximum absolute atomic E-state index is 12.7. The molecule has 13 nitrogen and oxygen atoms in total. The van der Waals surface area contributed by atoms with Crippen molar-refractivity contribution in [3.63, 3.8) is 0 Å². The van der Waals surface area contributed by atoms with Crippen molar-refractivity contribution in [1.29, 1.82) is 0 Å². The lowest BCUT2D eigenvalue weighted by Crippen LogP contribution is -2.71. The molecule has 2 bridgehead atoms.